The van der Waals surface area contributed by atoms with E-state index < -0.39 is 0 Å². The van der Waals surface area contributed by atoms with Crippen LogP contribution in [0.2, 0.25) is 0 Å². The summed E-state index contributed by atoms with van der Waals surface area (Å²) in [7, 11) is 0. The van der Waals surface area contributed by atoms with Crippen LogP contribution in [0, 0.1) is 0 Å². The van der Waals surface area contributed by atoms with Crippen LogP contribution < -0.4 is 4.74 Å². The first-order valence-corrected chi connectivity index (χ1v) is 7.40. The maximum Gasteiger partial charge on any atom is 0.119 e. The molecule has 3 aromatic rings. The van der Waals surface area contributed by atoms with Gasteiger partial charge in [-0.05, 0) is 28.8 Å². The van der Waals surface area contributed by atoms with Crippen molar-refractivity contribution >= 4 is 12.2 Å². The molecule has 0 unspecified atom stereocenters. The smallest absolute Gasteiger partial charge is 0.119 e. The van der Waals surface area contributed by atoms with Crippen molar-refractivity contribution in [1.82, 2.24) is 0 Å². The van der Waals surface area contributed by atoms with Crippen LogP contribution in [-0.2, 0) is 6.61 Å². The van der Waals surface area contributed by atoms with Gasteiger partial charge in [0, 0.05) is 0 Å². The molecule has 3 rings (SSSR count). The predicted molar refractivity (Wildman–Crippen MR) is 92.6 cm³/mol. The fourth-order valence-electron chi connectivity index (χ4n) is 2.17. The van der Waals surface area contributed by atoms with E-state index in [1.165, 1.54) is 11.1 Å². The molecule has 1 nitrogen and oxygen atoms in total. The van der Waals surface area contributed by atoms with E-state index in [1.807, 2.05) is 48.5 Å². The first-order chi connectivity index (χ1) is 10.9. The van der Waals surface area contributed by atoms with Gasteiger partial charge in [-0.1, -0.05) is 84.9 Å². The van der Waals surface area contributed by atoms with Crippen molar-refractivity contribution in [2.24, 2.45) is 0 Å². The average Bonchev–Trinajstić information content (AvgIpc) is 2.61. The molecule has 0 fully saturated rings. The molecule has 1 heteroatoms. The Balaban J connectivity index is 1.59. The lowest BCUT2D eigenvalue weighted by molar-refractivity contribution is 0.306. The van der Waals surface area contributed by atoms with Crippen LogP contribution in [0.4, 0.5) is 0 Å². The monoisotopic (exact) mass is 286 g/mol. The summed E-state index contributed by atoms with van der Waals surface area (Å²) in [5.41, 5.74) is 3.54. The topological polar surface area (TPSA) is 9.23 Å². The minimum Gasteiger partial charge on any atom is -0.489 e. The highest BCUT2D eigenvalue weighted by atomic mass is 16.5. The minimum atomic E-state index is 0.597. The summed E-state index contributed by atoms with van der Waals surface area (Å²) in [4.78, 5) is 0. The van der Waals surface area contributed by atoms with Crippen LogP contribution in [0.25, 0.3) is 12.2 Å². The van der Waals surface area contributed by atoms with Gasteiger partial charge >= 0.3 is 0 Å². The Kier molecular flexibility index (Phi) is 4.68. The Morgan fingerprint density at radius 3 is 1.77 bits per heavy atom. The Hall–Kier alpha value is -2.80. The summed E-state index contributed by atoms with van der Waals surface area (Å²) < 4.78 is 5.79. The molecule has 0 spiro atoms. The number of hydrogen-bond donors (Lipinski definition) is 0. The van der Waals surface area contributed by atoms with E-state index in [9.17, 15) is 0 Å². The van der Waals surface area contributed by atoms with Crippen molar-refractivity contribution in [1.29, 1.82) is 0 Å². The molecule has 0 aliphatic rings. The molecule has 0 aromatic heterocycles. The van der Waals surface area contributed by atoms with Crippen molar-refractivity contribution in [3.63, 3.8) is 0 Å². The lowest BCUT2D eigenvalue weighted by Crippen LogP contribution is -1.94. The molecular formula is C21H18O. The normalized spacial score (nSPS) is 10.7. The van der Waals surface area contributed by atoms with Gasteiger partial charge < -0.3 is 4.74 Å². The van der Waals surface area contributed by atoms with Gasteiger partial charge in [-0.15, -0.1) is 0 Å². The van der Waals surface area contributed by atoms with Gasteiger partial charge in [0.25, 0.3) is 0 Å². The zero-order valence-corrected chi connectivity index (χ0v) is 12.4. The van der Waals surface area contributed by atoms with Crippen LogP contribution in [-0.4, -0.2) is 0 Å². The molecule has 0 radical (unpaired) electrons. The fourth-order valence-corrected chi connectivity index (χ4v) is 2.17. The molecule has 0 atom stereocenters. The zero-order chi connectivity index (χ0) is 15.0. The standard InChI is InChI=1S/C21H18O/c1-3-7-18(8-4-1)11-12-19-13-15-21(16-14-19)22-17-20-9-5-2-6-10-20/h1-16H,17H2/b12-11-. The zero-order valence-electron chi connectivity index (χ0n) is 12.4. The highest BCUT2D eigenvalue weighted by Crippen LogP contribution is 2.16. The summed E-state index contributed by atoms with van der Waals surface area (Å²) in [6, 6.07) is 28.6. The second-order valence-electron chi connectivity index (χ2n) is 5.09. The molecular weight excluding hydrogens is 268 g/mol. The van der Waals surface area contributed by atoms with Crippen LogP contribution in [0.5, 0.6) is 5.75 Å². The lowest BCUT2D eigenvalue weighted by atomic mass is 10.1. The van der Waals surface area contributed by atoms with Crippen LogP contribution in [0.1, 0.15) is 16.7 Å². The molecule has 0 aliphatic heterocycles. The number of ether oxygens (including phenoxy) is 1. The SMILES string of the molecule is C(=C/c1ccc(OCc2ccccc2)cc1)/c1ccccc1. The van der Waals surface area contributed by atoms with E-state index in [0.29, 0.717) is 6.61 Å². The van der Waals surface area contributed by atoms with E-state index in [1.54, 1.807) is 0 Å². The third-order valence-corrected chi connectivity index (χ3v) is 3.40. The van der Waals surface area contributed by atoms with Gasteiger partial charge in [0.15, 0.2) is 0 Å². The summed E-state index contributed by atoms with van der Waals surface area (Å²) in [6.45, 7) is 0.597. The average molecular weight is 286 g/mol. The van der Waals surface area contributed by atoms with E-state index in [0.717, 1.165) is 11.3 Å². The molecule has 0 saturated heterocycles. The second kappa shape index (κ2) is 7.28. The quantitative estimate of drug-likeness (QED) is 0.568. The van der Waals surface area contributed by atoms with Gasteiger partial charge in [0.1, 0.15) is 12.4 Å². The van der Waals surface area contributed by atoms with Gasteiger partial charge in [0.2, 0.25) is 0 Å². The van der Waals surface area contributed by atoms with Gasteiger partial charge in [-0.25, -0.2) is 0 Å². The number of hydrogen-bond acceptors (Lipinski definition) is 1. The van der Waals surface area contributed by atoms with Crippen LogP contribution in [0.3, 0.4) is 0 Å². The number of benzene rings is 3. The second-order valence-corrected chi connectivity index (χ2v) is 5.09. The molecule has 22 heavy (non-hydrogen) atoms. The van der Waals surface area contributed by atoms with E-state index in [-0.39, 0.29) is 0 Å². The highest BCUT2D eigenvalue weighted by molar-refractivity contribution is 5.69. The molecule has 0 amide bonds. The Morgan fingerprint density at radius 1 is 0.591 bits per heavy atom. The van der Waals surface area contributed by atoms with Crippen molar-refractivity contribution in [3.8, 4) is 5.75 Å². The van der Waals surface area contributed by atoms with Crippen molar-refractivity contribution in [2.75, 3.05) is 0 Å². The molecule has 3 aromatic carbocycles. The van der Waals surface area contributed by atoms with E-state index in [4.69, 9.17) is 4.74 Å². The van der Waals surface area contributed by atoms with Crippen LogP contribution >= 0.6 is 0 Å². The summed E-state index contributed by atoms with van der Waals surface area (Å²) in [5, 5.41) is 0. The molecule has 0 aliphatic carbocycles. The first-order valence-electron chi connectivity index (χ1n) is 7.40. The van der Waals surface area contributed by atoms with Crippen molar-refractivity contribution < 1.29 is 4.74 Å². The Labute approximate surface area is 131 Å². The first kappa shape index (κ1) is 14.2. The summed E-state index contributed by atoms with van der Waals surface area (Å²) in [6.07, 6.45) is 4.22. The molecule has 0 saturated carbocycles. The van der Waals surface area contributed by atoms with Gasteiger partial charge in [-0.3, -0.25) is 0 Å². The maximum absolute atomic E-state index is 5.79. The molecule has 0 heterocycles. The lowest BCUT2D eigenvalue weighted by Gasteiger charge is -2.06. The van der Waals surface area contributed by atoms with E-state index in [2.05, 4.69) is 48.6 Å². The molecule has 0 bridgehead atoms. The highest BCUT2D eigenvalue weighted by Gasteiger charge is 1.95. The molecule has 108 valence electrons. The van der Waals surface area contributed by atoms with Gasteiger partial charge in [-0.2, -0.15) is 0 Å². The minimum absolute atomic E-state index is 0.597. The predicted octanol–water partition coefficient (Wildman–Crippen LogP) is 5.44. The third kappa shape index (κ3) is 4.10. The summed E-state index contributed by atoms with van der Waals surface area (Å²) in [5.74, 6) is 0.890. The maximum atomic E-state index is 5.79. The van der Waals surface area contributed by atoms with Gasteiger partial charge in [0.05, 0.1) is 0 Å². The van der Waals surface area contributed by atoms with E-state index >= 15 is 0 Å². The third-order valence-electron chi connectivity index (χ3n) is 3.40. The fraction of sp³-hybridized carbons (Fsp3) is 0.0476. The van der Waals surface area contributed by atoms with Crippen LogP contribution in [0.15, 0.2) is 84.9 Å². The summed E-state index contributed by atoms with van der Waals surface area (Å²) >= 11 is 0. The van der Waals surface area contributed by atoms with Crippen molar-refractivity contribution in [3.05, 3.63) is 102 Å². The Bertz CT molecular complexity index is 713. The Morgan fingerprint density at radius 2 is 1.14 bits per heavy atom. The van der Waals surface area contributed by atoms with Crippen molar-refractivity contribution in [2.45, 2.75) is 6.61 Å². The molecule has 0 N–H and O–H groups in total. The number of rotatable bonds is 5. The largest absolute Gasteiger partial charge is 0.489 e.